The van der Waals surface area contributed by atoms with Crippen LogP contribution < -0.4 is 5.32 Å². The van der Waals surface area contributed by atoms with Gasteiger partial charge in [-0.1, -0.05) is 0 Å². The summed E-state index contributed by atoms with van der Waals surface area (Å²) in [7, 11) is 0. The lowest BCUT2D eigenvalue weighted by Crippen LogP contribution is -2.17. The minimum atomic E-state index is 0.487. The molecule has 1 heterocycles. The van der Waals surface area contributed by atoms with Crippen molar-refractivity contribution in [3.63, 3.8) is 0 Å². The highest BCUT2D eigenvalue weighted by atomic mass is 16.5. The highest BCUT2D eigenvalue weighted by Gasteiger charge is 2.11. The van der Waals surface area contributed by atoms with Crippen molar-refractivity contribution >= 4 is 0 Å². The molecular formula is C6H11NO. The van der Waals surface area contributed by atoms with Gasteiger partial charge in [0, 0.05) is 0 Å². The average molecular weight is 113 g/mol. The normalized spacial score (nSPS) is 32.2. The molecule has 46 valence electrons. The molecule has 1 aliphatic heterocycles. The van der Waals surface area contributed by atoms with E-state index in [4.69, 9.17) is 4.74 Å². The Morgan fingerprint density at radius 2 is 2.62 bits per heavy atom. The first kappa shape index (κ1) is 5.48. The molecule has 0 radical (unpaired) electrons. The van der Waals surface area contributed by atoms with E-state index in [1.807, 2.05) is 13.0 Å². The Balaban J connectivity index is 2.44. The lowest BCUT2D eigenvalue weighted by molar-refractivity contribution is 0.256. The number of hydrogen-bond donors (Lipinski definition) is 1. The molecule has 0 aliphatic carbocycles. The first-order chi connectivity index (χ1) is 3.83. The van der Waals surface area contributed by atoms with Gasteiger partial charge >= 0.3 is 0 Å². The number of rotatable bonds is 0. The van der Waals surface area contributed by atoms with Gasteiger partial charge in [0.1, 0.15) is 6.61 Å². The molecule has 1 saturated heterocycles. The molecule has 1 atom stereocenters. The van der Waals surface area contributed by atoms with Crippen LogP contribution >= 0.6 is 0 Å². The van der Waals surface area contributed by atoms with Crippen molar-refractivity contribution in [2.24, 2.45) is 0 Å². The molecule has 1 N–H and O–H groups in total. The maximum Gasteiger partial charge on any atom is 0.182 e. The van der Waals surface area contributed by atoms with Crippen molar-refractivity contribution in [3.8, 4) is 0 Å². The molecule has 0 aromatic carbocycles. The van der Waals surface area contributed by atoms with Crippen LogP contribution in [0.3, 0.4) is 0 Å². The molecular weight excluding hydrogens is 102 g/mol. The lowest BCUT2D eigenvalue weighted by atomic mass is 10.4. The highest BCUT2D eigenvalue weighted by Crippen LogP contribution is 2.03. The molecule has 0 saturated carbocycles. The predicted octanol–water partition coefficient (Wildman–Crippen LogP) is 0.856. The number of nitrogens with one attached hydrogen (secondary N) is 1. The Bertz CT molecular complexity index is 109. The molecule has 2 heteroatoms. The van der Waals surface area contributed by atoms with Gasteiger partial charge in [-0.2, -0.15) is 0 Å². The monoisotopic (exact) mass is 113 g/mol. The van der Waals surface area contributed by atoms with Crippen LogP contribution in [0.5, 0.6) is 0 Å². The smallest absolute Gasteiger partial charge is 0.182 e. The second-order valence-corrected chi connectivity index (χ2v) is 2.01. The van der Waals surface area contributed by atoms with E-state index in [0.29, 0.717) is 6.04 Å². The summed E-state index contributed by atoms with van der Waals surface area (Å²) in [5.74, 6) is 0.914. The van der Waals surface area contributed by atoms with Gasteiger partial charge in [-0.25, -0.2) is 0 Å². The molecule has 0 aromatic rings. The van der Waals surface area contributed by atoms with Crippen LogP contribution in [0.25, 0.3) is 0 Å². The van der Waals surface area contributed by atoms with Crippen LogP contribution in [0.4, 0.5) is 0 Å². The van der Waals surface area contributed by atoms with Gasteiger partial charge in [0.25, 0.3) is 0 Å². The molecule has 0 amide bonds. The van der Waals surface area contributed by atoms with Crippen LogP contribution in [-0.2, 0) is 4.74 Å². The van der Waals surface area contributed by atoms with E-state index in [1.165, 1.54) is 0 Å². The summed E-state index contributed by atoms with van der Waals surface area (Å²) >= 11 is 0. The molecule has 2 nitrogen and oxygen atoms in total. The van der Waals surface area contributed by atoms with E-state index < -0.39 is 0 Å². The zero-order valence-electron chi connectivity index (χ0n) is 5.27. The van der Waals surface area contributed by atoms with Gasteiger partial charge in [0.15, 0.2) is 5.88 Å². The van der Waals surface area contributed by atoms with E-state index in [0.717, 1.165) is 12.5 Å². The second-order valence-electron chi connectivity index (χ2n) is 2.01. The van der Waals surface area contributed by atoms with Gasteiger partial charge in [0.05, 0.1) is 6.04 Å². The molecule has 8 heavy (non-hydrogen) atoms. The quantitative estimate of drug-likeness (QED) is 0.503. The minimum Gasteiger partial charge on any atom is -0.477 e. The van der Waals surface area contributed by atoms with E-state index >= 15 is 0 Å². The summed E-state index contributed by atoms with van der Waals surface area (Å²) in [4.78, 5) is 0. The first-order valence-electron chi connectivity index (χ1n) is 2.88. The molecule has 0 bridgehead atoms. The van der Waals surface area contributed by atoms with Gasteiger partial charge < -0.3 is 10.1 Å². The van der Waals surface area contributed by atoms with Crippen LogP contribution in [0.15, 0.2) is 12.0 Å². The van der Waals surface area contributed by atoms with Crippen molar-refractivity contribution in [1.82, 2.24) is 5.32 Å². The van der Waals surface area contributed by atoms with Crippen molar-refractivity contribution in [2.45, 2.75) is 19.9 Å². The Kier molecular flexibility index (Phi) is 1.42. The SMILES string of the molecule is CC=C1NC(C)CO1. The van der Waals surface area contributed by atoms with Crippen LogP contribution in [0.1, 0.15) is 13.8 Å². The van der Waals surface area contributed by atoms with E-state index in [9.17, 15) is 0 Å². The van der Waals surface area contributed by atoms with Gasteiger partial charge in [-0.15, -0.1) is 0 Å². The summed E-state index contributed by atoms with van der Waals surface area (Å²) in [6, 6.07) is 0.487. The highest BCUT2D eigenvalue weighted by molar-refractivity contribution is 4.94. The van der Waals surface area contributed by atoms with Gasteiger partial charge in [0.2, 0.25) is 0 Å². The van der Waals surface area contributed by atoms with Crippen molar-refractivity contribution in [2.75, 3.05) is 6.61 Å². The number of hydrogen-bond acceptors (Lipinski definition) is 2. The summed E-state index contributed by atoms with van der Waals surface area (Å²) in [5, 5.41) is 3.14. The second kappa shape index (κ2) is 2.07. The summed E-state index contributed by atoms with van der Waals surface area (Å²) in [6.07, 6.45) is 1.93. The van der Waals surface area contributed by atoms with Crippen molar-refractivity contribution < 1.29 is 4.74 Å². The molecule has 1 unspecified atom stereocenters. The maximum absolute atomic E-state index is 5.16. The number of allylic oxidation sites excluding steroid dienone is 1. The van der Waals surface area contributed by atoms with E-state index in [-0.39, 0.29) is 0 Å². The first-order valence-corrected chi connectivity index (χ1v) is 2.88. The summed E-state index contributed by atoms with van der Waals surface area (Å²) < 4.78 is 5.16. The fourth-order valence-electron chi connectivity index (χ4n) is 0.708. The standard InChI is InChI=1S/C6H11NO/c1-3-6-7-5(2)4-8-6/h3,5,7H,4H2,1-2H3. The van der Waals surface area contributed by atoms with Gasteiger partial charge in [-0.3, -0.25) is 0 Å². The third-order valence-electron chi connectivity index (χ3n) is 1.14. The van der Waals surface area contributed by atoms with Crippen LogP contribution in [-0.4, -0.2) is 12.6 Å². The topological polar surface area (TPSA) is 21.3 Å². The summed E-state index contributed by atoms with van der Waals surface area (Å²) in [6.45, 7) is 4.86. The third-order valence-corrected chi connectivity index (χ3v) is 1.14. The molecule has 1 aliphatic rings. The fourth-order valence-corrected chi connectivity index (χ4v) is 0.708. The Morgan fingerprint density at radius 1 is 1.88 bits per heavy atom. The maximum atomic E-state index is 5.16. The molecule has 0 aromatic heterocycles. The predicted molar refractivity (Wildman–Crippen MR) is 32.3 cm³/mol. The summed E-state index contributed by atoms with van der Waals surface area (Å²) in [5.41, 5.74) is 0. The largest absolute Gasteiger partial charge is 0.477 e. The molecule has 1 fully saturated rings. The Morgan fingerprint density at radius 3 is 2.88 bits per heavy atom. The van der Waals surface area contributed by atoms with Gasteiger partial charge in [-0.05, 0) is 19.9 Å². The zero-order valence-corrected chi connectivity index (χ0v) is 5.27. The minimum absolute atomic E-state index is 0.487. The average Bonchev–Trinajstić information content (AvgIpc) is 2.14. The van der Waals surface area contributed by atoms with Crippen molar-refractivity contribution in [3.05, 3.63) is 12.0 Å². The molecule has 1 rings (SSSR count). The number of ether oxygens (including phenoxy) is 1. The third kappa shape index (κ3) is 0.941. The fraction of sp³-hybridized carbons (Fsp3) is 0.667. The Labute approximate surface area is 49.5 Å². The van der Waals surface area contributed by atoms with E-state index in [2.05, 4.69) is 12.2 Å². The van der Waals surface area contributed by atoms with Crippen LogP contribution in [0.2, 0.25) is 0 Å². The van der Waals surface area contributed by atoms with E-state index in [1.54, 1.807) is 0 Å². The molecule has 0 spiro atoms. The zero-order chi connectivity index (χ0) is 5.98. The van der Waals surface area contributed by atoms with Crippen LogP contribution in [0, 0.1) is 0 Å². The Hall–Kier alpha value is -0.660. The lowest BCUT2D eigenvalue weighted by Gasteiger charge is -1.95. The van der Waals surface area contributed by atoms with Crippen molar-refractivity contribution in [1.29, 1.82) is 0 Å².